The van der Waals surface area contributed by atoms with E-state index in [1.807, 2.05) is 13.8 Å². The highest BCUT2D eigenvalue weighted by Gasteiger charge is 2.25. The van der Waals surface area contributed by atoms with Crippen molar-refractivity contribution in [2.75, 3.05) is 13.7 Å². The molecule has 4 heteroatoms. The minimum Gasteiger partial charge on any atom is -0.468 e. The predicted octanol–water partition coefficient (Wildman–Crippen LogP) is 1.69. The third-order valence-electron chi connectivity index (χ3n) is 3.64. The molecule has 0 spiro atoms. The monoisotopic (exact) mass is 256 g/mol. The van der Waals surface area contributed by atoms with Gasteiger partial charge in [0.25, 0.3) is 0 Å². The molecule has 1 saturated heterocycles. The van der Waals surface area contributed by atoms with Gasteiger partial charge < -0.3 is 15.4 Å². The first-order chi connectivity index (χ1) is 8.54. The molecule has 0 aromatic heterocycles. The minimum atomic E-state index is -0.200. The molecule has 2 unspecified atom stereocenters. The van der Waals surface area contributed by atoms with Crippen LogP contribution in [0.5, 0.6) is 0 Å². The van der Waals surface area contributed by atoms with Gasteiger partial charge >= 0.3 is 5.97 Å². The number of carbonyl (C=O) groups excluding carboxylic acids is 1. The lowest BCUT2D eigenvalue weighted by molar-refractivity contribution is -0.144. The standard InChI is InChI=1S/C14H28N2O2/c1-10(2)13(14(17)18-4)16-11(3)9-12-7-5-6-8-15-12/h10-13,15-16H,5-9H2,1-4H3/t11?,12?,13-/m0/s1. The molecule has 0 radical (unpaired) electrons. The number of hydrogen-bond donors (Lipinski definition) is 2. The quantitative estimate of drug-likeness (QED) is 0.710. The number of methoxy groups -OCH3 is 1. The van der Waals surface area contributed by atoms with Gasteiger partial charge in [-0.1, -0.05) is 20.3 Å². The minimum absolute atomic E-state index is 0.159. The Hall–Kier alpha value is -0.610. The van der Waals surface area contributed by atoms with E-state index in [0.717, 1.165) is 13.0 Å². The summed E-state index contributed by atoms with van der Waals surface area (Å²) in [5.41, 5.74) is 0. The van der Waals surface area contributed by atoms with Crippen LogP contribution in [-0.4, -0.2) is 37.7 Å². The van der Waals surface area contributed by atoms with E-state index < -0.39 is 0 Å². The molecule has 1 fully saturated rings. The number of hydrogen-bond acceptors (Lipinski definition) is 4. The van der Waals surface area contributed by atoms with Gasteiger partial charge in [0.2, 0.25) is 0 Å². The van der Waals surface area contributed by atoms with Crippen molar-refractivity contribution >= 4 is 5.97 Å². The molecular formula is C14H28N2O2. The van der Waals surface area contributed by atoms with Crippen molar-refractivity contribution in [2.24, 2.45) is 5.92 Å². The van der Waals surface area contributed by atoms with Crippen molar-refractivity contribution in [3.05, 3.63) is 0 Å². The summed E-state index contributed by atoms with van der Waals surface area (Å²) in [6.45, 7) is 7.36. The Morgan fingerprint density at radius 2 is 2.11 bits per heavy atom. The number of ether oxygens (including phenoxy) is 1. The largest absolute Gasteiger partial charge is 0.468 e. The average Bonchev–Trinajstić information content (AvgIpc) is 2.36. The van der Waals surface area contributed by atoms with Crippen LogP contribution in [0.2, 0.25) is 0 Å². The lowest BCUT2D eigenvalue weighted by atomic mass is 9.97. The van der Waals surface area contributed by atoms with Crippen LogP contribution in [0.15, 0.2) is 0 Å². The van der Waals surface area contributed by atoms with Crippen LogP contribution >= 0.6 is 0 Å². The smallest absolute Gasteiger partial charge is 0.323 e. The van der Waals surface area contributed by atoms with Crippen molar-refractivity contribution in [2.45, 2.75) is 64.6 Å². The van der Waals surface area contributed by atoms with E-state index in [9.17, 15) is 4.79 Å². The van der Waals surface area contributed by atoms with Crippen LogP contribution in [-0.2, 0) is 9.53 Å². The van der Waals surface area contributed by atoms with Gasteiger partial charge in [-0.2, -0.15) is 0 Å². The molecule has 4 nitrogen and oxygen atoms in total. The average molecular weight is 256 g/mol. The molecule has 1 heterocycles. The summed E-state index contributed by atoms with van der Waals surface area (Å²) in [4.78, 5) is 11.7. The summed E-state index contributed by atoms with van der Waals surface area (Å²) in [7, 11) is 1.45. The normalized spacial score (nSPS) is 23.7. The van der Waals surface area contributed by atoms with Crippen molar-refractivity contribution in [1.29, 1.82) is 0 Å². The van der Waals surface area contributed by atoms with Gasteiger partial charge in [-0.05, 0) is 38.6 Å². The second-order valence-corrected chi connectivity index (χ2v) is 5.70. The van der Waals surface area contributed by atoms with Gasteiger partial charge in [-0.25, -0.2) is 0 Å². The fraction of sp³-hybridized carbons (Fsp3) is 0.929. The maximum atomic E-state index is 11.7. The molecule has 1 aliphatic heterocycles. The number of rotatable bonds is 6. The third-order valence-corrected chi connectivity index (χ3v) is 3.64. The molecule has 0 aromatic carbocycles. The highest BCUT2D eigenvalue weighted by atomic mass is 16.5. The molecule has 0 amide bonds. The Labute approximate surface area is 111 Å². The topological polar surface area (TPSA) is 50.4 Å². The van der Waals surface area contributed by atoms with E-state index in [1.165, 1.54) is 26.4 Å². The summed E-state index contributed by atoms with van der Waals surface area (Å²) in [5, 5.41) is 6.94. The summed E-state index contributed by atoms with van der Waals surface area (Å²) in [6.07, 6.45) is 4.92. The van der Waals surface area contributed by atoms with Crippen molar-refractivity contribution in [1.82, 2.24) is 10.6 Å². The maximum Gasteiger partial charge on any atom is 0.323 e. The second-order valence-electron chi connectivity index (χ2n) is 5.70. The zero-order valence-electron chi connectivity index (χ0n) is 12.2. The number of esters is 1. The Balaban J connectivity index is 2.40. The van der Waals surface area contributed by atoms with E-state index >= 15 is 0 Å². The Morgan fingerprint density at radius 3 is 2.61 bits per heavy atom. The molecular weight excluding hydrogens is 228 g/mol. The summed E-state index contributed by atoms with van der Waals surface area (Å²) >= 11 is 0. The molecule has 18 heavy (non-hydrogen) atoms. The van der Waals surface area contributed by atoms with E-state index in [2.05, 4.69) is 17.6 Å². The highest BCUT2D eigenvalue weighted by Crippen LogP contribution is 2.13. The zero-order valence-corrected chi connectivity index (χ0v) is 12.2. The molecule has 0 aromatic rings. The fourth-order valence-electron chi connectivity index (χ4n) is 2.59. The Bertz CT molecular complexity index is 250. The lowest BCUT2D eigenvalue weighted by Gasteiger charge is -2.29. The SMILES string of the molecule is COC(=O)[C@@H](NC(C)CC1CCCCN1)C(C)C. The van der Waals surface area contributed by atoms with Gasteiger partial charge in [0.15, 0.2) is 0 Å². The predicted molar refractivity (Wildman–Crippen MR) is 73.5 cm³/mol. The zero-order chi connectivity index (χ0) is 13.5. The van der Waals surface area contributed by atoms with Crippen molar-refractivity contribution < 1.29 is 9.53 Å². The molecule has 0 saturated carbocycles. The first-order valence-corrected chi connectivity index (χ1v) is 7.11. The van der Waals surface area contributed by atoms with Crippen LogP contribution in [0, 0.1) is 5.92 Å². The molecule has 1 rings (SSSR count). The van der Waals surface area contributed by atoms with Crippen LogP contribution in [0.3, 0.4) is 0 Å². The van der Waals surface area contributed by atoms with Crippen molar-refractivity contribution in [3.63, 3.8) is 0 Å². The summed E-state index contributed by atoms with van der Waals surface area (Å²) < 4.78 is 4.85. The van der Waals surface area contributed by atoms with Gasteiger partial charge in [0.1, 0.15) is 6.04 Å². The molecule has 3 atom stereocenters. The maximum absolute atomic E-state index is 11.7. The molecule has 1 aliphatic rings. The van der Waals surface area contributed by atoms with Crippen LogP contribution < -0.4 is 10.6 Å². The molecule has 0 aliphatic carbocycles. The Kier molecular flexibility index (Phi) is 6.65. The van der Waals surface area contributed by atoms with E-state index in [4.69, 9.17) is 4.74 Å². The van der Waals surface area contributed by atoms with E-state index in [-0.39, 0.29) is 17.9 Å². The molecule has 106 valence electrons. The summed E-state index contributed by atoms with van der Waals surface area (Å²) in [5.74, 6) is 0.0904. The van der Waals surface area contributed by atoms with E-state index in [1.54, 1.807) is 0 Å². The third kappa shape index (κ3) is 4.94. The number of carbonyl (C=O) groups is 1. The Morgan fingerprint density at radius 1 is 1.39 bits per heavy atom. The van der Waals surface area contributed by atoms with Gasteiger partial charge in [-0.3, -0.25) is 4.79 Å². The summed E-state index contributed by atoms with van der Waals surface area (Å²) in [6, 6.07) is 0.715. The number of nitrogens with one attached hydrogen (secondary N) is 2. The van der Waals surface area contributed by atoms with E-state index in [0.29, 0.717) is 12.1 Å². The van der Waals surface area contributed by atoms with Gasteiger partial charge in [-0.15, -0.1) is 0 Å². The van der Waals surface area contributed by atoms with Crippen LogP contribution in [0.4, 0.5) is 0 Å². The highest BCUT2D eigenvalue weighted by molar-refractivity contribution is 5.75. The van der Waals surface area contributed by atoms with Gasteiger partial charge in [0, 0.05) is 12.1 Å². The fourth-order valence-corrected chi connectivity index (χ4v) is 2.59. The van der Waals surface area contributed by atoms with Gasteiger partial charge in [0.05, 0.1) is 7.11 Å². The molecule has 0 bridgehead atoms. The first-order valence-electron chi connectivity index (χ1n) is 7.11. The second kappa shape index (κ2) is 7.74. The molecule has 2 N–H and O–H groups in total. The lowest BCUT2D eigenvalue weighted by Crippen LogP contribution is -2.48. The van der Waals surface area contributed by atoms with Crippen LogP contribution in [0.25, 0.3) is 0 Å². The number of piperidine rings is 1. The van der Waals surface area contributed by atoms with Crippen molar-refractivity contribution in [3.8, 4) is 0 Å². The van der Waals surface area contributed by atoms with Crippen LogP contribution in [0.1, 0.15) is 46.5 Å². The first kappa shape index (κ1) is 15.4.